The maximum atomic E-state index is 12.9. The van der Waals surface area contributed by atoms with Crippen LogP contribution in [0.4, 0.5) is 5.82 Å². The Balaban J connectivity index is 0.00000300. The van der Waals surface area contributed by atoms with Crippen molar-refractivity contribution in [3.63, 3.8) is 0 Å². The van der Waals surface area contributed by atoms with Gasteiger partial charge in [-0.3, -0.25) is 14.6 Å². The number of rotatable bonds is 4. The van der Waals surface area contributed by atoms with Crippen LogP contribution in [0.2, 0.25) is 0 Å². The lowest BCUT2D eigenvalue weighted by atomic mass is 10.1. The van der Waals surface area contributed by atoms with Gasteiger partial charge in [-0.05, 0) is 47.5 Å². The highest BCUT2D eigenvalue weighted by molar-refractivity contribution is 9.10. The van der Waals surface area contributed by atoms with Crippen LogP contribution < -0.4 is 4.90 Å². The number of carbonyl (C=O) groups is 2. The molecule has 1 aliphatic heterocycles. The lowest BCUT2D eigenvalue weighted by Crippen LogP contribution is -2.37. The molecule has 2 aromatic rings. The molecule has 2 aromatic heterocycles. The second kappa shape index (κ2) is 8.82. The van der Waals surface area contributed by atoms with Crippen molar-refractivity contribution in [2.24, 2.45) is 5.92 Å². The van der Waals surface area contributed by atoms with Crippen molar-refractivity contribution in [2.45, 2.75) is 27.2 Å². The van der Waals surface area contributed by atoms with E-state index in [4.69, 9.17) is 0 Å². The molecule has 1 fully saturated rings. The zero-order chi connectivity index (χ0) is 20.3. The molecule has 1 saturated heterocycles. The molecule has 1 amide bonds. The number of carbonyl (C=O) groups excluding carboxylic acids is 2. The molecule has 0 unspecified atom stereocenters. The van der Waals surface area contributed by atoms with E-state index in [0.717, 1.165) is 29.8 Å². The number of hydrogen-bond donors (Lipinski definition) is 0. The molecule has 0 atom stereocenters. The van der Waals surface area contributed by atoms with Gasteiger partial charge in [0.15, 0.2) is 0 Å². The van der Waals surface area contributed by atoms with Crippen molar-refractivity contribution in [3.8, 4) is 0 Å². The van der Waals surface area contributed by atoms with Crippen LogP contribution in [-0.4, -0.2) is 52.7 Å². The summed E-state index contributed by atoms with van der Waals surface area (Å²) in [5.41, 5.74) is 1.63. The van der Waals surface area contributed by atoms with Gasteiger partial charge in [0.1, 0.15) is 11.5 Å². The summed E-state index contributed by atoms with van der Waals surface area (Å²) in [6.45, 7) is 8.63. The number of halogens is 1. The van der Waals surface area contributed by atoms with E-state index in [0.29, 0.717) is 30.0 Å². The van der Waals surface area contributed by atoms with Crippen LogP contribution >= 0.6 is 15.9 Å². The Morgan fingerprint density at radius 2 is 1.96 bits per heavy atom. The molecule has 0 aromatic carbocycles. The number of aryl methyl sites for hydroxylation is 1. The molecule has 3 heterocycles. The molecular formula is C21H27BrN4O2. The van der Waals surface area contributed by atoms with Gasteiger partial charge in [-0.25, -0.2) is 4.98 Å². The van der Waals surface area contributed by atoms with Crippen LogP contribution in [0.3, 0.4) is 0 Å². The van der Waals surface area contributed by atoms with Crippen molar-refractivity contribution in [1.29, 1.82) is 0 Å². The van der Waals surface area contributed by atoms with Gasteiger partial charge in [-0.15, -0.1) is 0 Å². The average Bonchev–Trinajstić information content (AvgIpc) is 2.95. The molecule has 0 aliphatic carbocycles. The summed E-state index contributed by atoms with van der Waals surface area (Å²) in [4.78, 5) is 38.2. The van der Waals surface area contributed by atoms with Crippen LogP contribution in [-0.2, 0) is 4.79 Å². The standard InChI is InChI=1S/C21H25BrN4O2.H2/c1-14(2)21(28)26-9-5-8-25(10-11-26)19-7-4-6-18(24-19)20(27)17-12-16(22)13-23-15(17)3;/h4,6-7,12-14H,5,8-11H2,1-3H3;1H. The number of amides is 1. The molecule has 7 heteroatoms. The number of aromatic nitrogens is 2. The molecule has 150 valence electrons. The quantitative estimate of drug-likeness (QED) is 0.669. The summed E-state index contributed by atoms with van der Waals surface area (Å²) in [6.07, 6.45) is 2.56. The fraction of sp³-hybridized carbons (Fsp3) is 0.429. The molecule has 6 nitrogen and oxygen atoms in total. The topological polar surface area (TPSA) is 66.4 Å². The van der Waals surface area contributed by atoms with Crippen LogP contribution in [0.1, 0.15) is 43.4 Å². The monoisotopic (exact) mass is 446 g/mol. The molecule has 0 N–H and O–H groups in total. The Morgan fingerprint density at radius 1 is 1.18 bits per heavy atom. The van der Waals surface area contributed by atoms with Gasteiger partial charge in [0.25, 0.3) is 0 Å². The largest absolute Gasteiger partial charge is 0.355 e. The van der Waals surface area contributed by atoms with Crippen molar-refractivity contribution in [3.05, 3.63) is 51.9 Å². The minimum absolute atomic E-state index is 0. The van der Waals surface area contributed by atoms with Crippen molar-refractivity contribution in [1.82, 2.24) is 14.9 Å². The highest BCUT2D eigenvalue weighted by atomic mass is 79.9. The maximum absolute atomic E-state index is 12.9. The van der Waals surface area contributed by atoms with E-state index in [1.807, 2.05) is 37.8 Å². The van der Waals surface area contributed by atoms with Crippen molar-refractivity contribution in [2.75, 3.05) is 31.1 Å². The number of anilines is 1. The first-order valence-electron chi connectivity index (χ1n) is 9.54. The number of hydrogen-bond acceptors (Lipinski definition) is 5. The first kappa shape index (κ1) is 20.5. The summed E-state index contributed by atoms with van der Waals surface area (Å²) in [7, 11) is 0. The normalized spacial score (nSPS) is 14.9. The third-order valence-corrected chi connectivity index (χ3v) is 5.32. The minimum atomic E-state index is -0.139. The Kier molecular flexibility index (Phi) is 6.44. The smallest absolute Gasteiger partial charge is 0.225 e. The van der Waals surface area contributed by atoms with Crippen LogP contribution in [0.15, 0.2) is 34.9 Å². The van der Waals surface area contributed by atoms with Gasteiger partial charge >= 0.3 is 0 Å². The number of nitrogens with zero attached hydrogens (tertiary/aromatic N) is 4. The van der Waals surface area contributed by atoms with Gasteiger partial charge in [0.2, 0.25) is 11.7 Å². The molecule has 0 saturated carbocycles. The van der Waals surface area contributed by atoms with Gasteiger partial charge in [0, 0.05) is 55.5 Å². The fourth-order valence-electron chi connectivity index (χ4n) is 3.33. The minimum Gasteiger partial charge on any atom is -0.355 e. The van der Waals surface area contributed by atoms with E-state index >= 15 is 0 Å². The number of ketones is 1. The van der Waals surface area contributed by atoms with E-state index in [1.165, 1.54) is 0 Å². The average molecular weight is 447 g/mol. The highest BCUT2D eigenvalue weighted by Crippen LogP contribution is 2.20. The molecule has 0 radical (unpaired) electrons. The second-order valence-corrected chi connectivity index (χ2v) is 8.23. The van der Waals surface area contributed by atoms with Gasteiger partial charge in [-0.1, -0.05) is 19.9 Å². The van der Waals surface area contributed by atoms with E-state index in [-0.39, 0.29) is 19.0 Å². The Morgan fingerprint density at radius 3 is 2.71 bits per heavy atom. The lowest BCUT2D eigenvalue weighted by molar-refractivity contribution is -0.134. The predicted molar refractivity (Wildman–Crippen MR) is 115 cm³/mol. The summed E-state index contributed by atoms with van der Waals surface area (Å²) in [5, 5.41) is 0. The molecule has 1 aliphatic rings. The van der Waals surface area contributed by atoms with Gasteiger partial charge < -0.3 is 9.80 Å². The molecule has 0 spiro atoms. The summed E-state index contributed by atoms with van der Waals surface area (Å²) < 4.78 is 0.764. The molecule has 0 bridgehead atoms. The van der Waals surface area contributed by atoms with E-state index in [9.17, 15) is 9.59 Å². The highest BCUT2D eigenvalue weighted by Gasteiger charge is 2.22. The maximum Gasteiger partial charge on any atom is 0.225 e. The van der Waals surface area contributed by atoms with Crippen LogP contribution in [0.5, 0.6) is 0 Å². The Hall–Kier alpha value is -2.28. The van der Waals surface area contributed by atoms with Crippen LogP contribution in [0.25, 0.3) is 0 Å². The zero-order valence-electron chi connectivity index (χ0n) is 16.5. The van der Waals surface area contributed by atoms with E-state index in [2.05, 4.69) is 30.8 Å². The lowest BCUT2D eigenvalue weighted by Gasteiger charge is -2.24. The first-order valence-corrected chi connectivity index (χ1v) is 10.3. The van der Waals surface area contributed by atoms with Crippen molar-refractivity contribution < 1.29 is 11.0 Å². The second-order valence-electron chi connectivity index (χ2n) is 7.32. The SMILES string of the molecule is Cc1ncc(Br)cc1C(=O)c1cccc(N2CCCN(C(=O)C(C)C)CC2)n1.[HH]. The predicted octanol–water partition coefficient (Wildman–Crippen LogP) is 3.72. The third kappa shape index (κ3) is 4.58. The summed E-state index contributed by atoms with van der Waals surface area (Å²) >= 11 is 3.37. The fourth-order valence-corrected chi connectivity index (χ4v) is 3.66. The van der Waals surface area contributed by atoms with E-state index < -0.39 is 0 Å². The molecular weight excluding hydrogens is 420 g/mol. The zero-order valence-corrected chi connectivity index (χ0v) is 18.1. The van der Waals surface area contributed by atoms with Gasteiger partial charge in [0.05, 0.1) is 0 Å². The Bertz CT molecular complexity index is 891. The number of pyridine rings is 2. The molecule has 3 rings (SSSR count). The Labute approximate surface area is 175 Å². The molecule has 28 heavy (non-hydrogen) atoms. The summed E-state index contributed by atoms with van der Waals surface area (Å²) in [5.74, 6) is 0.828. The summed E-state index contributed by atoms with van der Waals surface area (Å²) in [6, 6.07) is 7.29. The van der Waals surface area contributed by atoms with Gasteiger partial charge in [-0.2, -0.15) is 0 Å². The third-order valence-electron chi connectivity index (χ3n) is 4.89. The van der Waals surface area contributed by atoms with Crippen molar-refractivity contribution >= 4 is 33.4 Å². The first-order chi connectivity index (χ1) is 13.4. The van der Waals surface area contributed by atoms with Crippen LogP contribution in [0, 0.1) is 12.8 Å². The van der Waals surface area contributed by atoms with E-state index in [1.54, 1.807) is 18.3 Å².